The minimum absolute atomic E-state index is 0.112. The van der Waals surface area contributed by atoms with Gasteiger partial charge in [0.2, 0.25) is 0 Å². The topological polar surface area (TPSA) is 24.6 Å². The van der Waals surface area contributed by atoms with Gasteiger partial charge in [-0.3, -0.25) is 0 Å². The molecule has 0 aromatic heterocycles. The van der Waals surface area contributed by atoms with E-state index in [1.54, 1.807) is 5.57 Å². The second-order valence-corrected chi connectivity index (χ2v) is 8.93. The van der Waals surface area contributed by atoms with E-state index in [0.29, 0.717) is 5.41 Å². The Balaban J connectivity index is 1.68. The Morgan fingerprint density at radius 2 is 1.91 bits per heavy atom. The summed E-state index contributed by atoms with van der Waals surface area (Å²) in [5.41, 5.74) is 3.59. The van der Waals surface area contributed by atoms with Crippen LogP contribution in [0, 0.1) is 35.2 Å². The normalized spacial score (nSPS) is 50.5. The zero-order chi connectivity index (χ0) is 16.2. The first-order valence-electron chi connectivity index (χ1n) is 9.43. The Bertz CT molecular complexity index is 612. The Morgan fingerprint density at radius 3 is 2.70 bits per heavy atom. The minimum atomic E-state index is -0.112. The van der Waals surface area contributed by atoms with Crippen molar-refractivity contribution in [3.05, 3.63) is 34.8 Å². The van der Waals surface area contributed by atoms with Crippen molar-refractivity contribution in [2.24, 2.45) is 28.6 Å². The Labute approximate surface area is 140 Å². The third kappa shape index (κ3) is 2.09. The van der Waals surface area contributed by atoms with E-state index in [-0.39, 0.29) is 11.5 Å². The maximum Gasteiger partial charge on any atom is 0.154 e. The van der Waals surface area contributed by atoms with E-state index in [1.165, 1.54) is 31.3 Å². The molecule has 0 heterocycles. The molecule has 0 radical (unpaired) electrons. The first kappa shape index (κ1) is 15.5. The van der Waals surface area contributed by atoms with Crippen LogP contribution >= 0.6 is 0 Å². The number of allylic oxidation sites excluding steroid dienone is 2. The van der Waals surface area contributed by atoms with E-state index in [2.05, 4.69) is 24.8 Å². The zero-order valence-electron chi connectivity index (χ0n) is 14.5. The summed E-state index contributed by atoms with van der Waals surface area (Å²) < 4.78 is 0. The number of aliphatic hydroxyl groups excluding tert-OH is 1. The van der Waals surface area contributed by atoms with E-state index < -0.39 is 0 Å². The molecule has 0 aromatic carbocycles. The van der Waals surface area contributed by atoms with E-state index in [1.807, 2.05) is 6.20 Å². The Hall–Kier alpha value is -1.07. The summed E-state index contributed by atoms with van der Waals surface area (Å²) in [7, 11) is 0. The zero-order valence-corrected chi connectivity index (χ0v) is 14.5. The minimum Gasteiger partial charge on any atom is -0.393 e. The lowest BCUT2D eigenvalue weighted by atomic mass is 9.48. The lowest BCUT2D eigenvalue weighted by Crippen LogP contribution is -2.49. The largest absolute Gasteiger partial charge is 0.393 e. The molecule has 0 unspecified atom stereocenters. The lowest BCUT2D eigenvalue weighted by Gasteiger charge is -2.57. The van der Waals surface area contributed by atoms with Crippen LogP contribution in [0.2, 0.25) is 0 Å². The maximum atomic E-state index is 10.1. The molecular formula is C21H29NO. The summed E-state index contributed by atoms with van der Waals surface area (Å²) in [4.78, 5) is 3.59. The van der Waals surface area contributed by atoms with Crippen molar-refractivity contribution in [1.82, 2.24) is 0 Å². The third-order valence-corrected chi connectivity index (χ3v) is 8.15. The van der Waals surface area contributed by atoms with Crippen molar-refractivity contribution in [3.63, 3.8) is 0 Å². The second kappa shape index (κ2) is 5.21. The molecule has 4 aliphatic rings. The molecule has 3 fully saturated rings. The highest BCUT2D eigenvalue weighted by molar-refractivity contribution is 5.30. The van der Waals surface area contributed by atoms with Crippen LogP contribution < -0.4 is 0 Å². The Kier molecular flexibility index (Phi) is 3.50. The number of nitrogens with zero attached hydrogens (tertiary/aromatic N) is 1. The highest BCUT2D eigenvalue weighted by atomic mass is 16.3. The van der Waals surface area contributed by atoms with Crippen LogP contribution in [0.15, 0.2) is 23.4 Å². The van der Waals surface area contributed by atoms with Gasteiger partial charge in [-0.25, -0.2) is 4.85 Å². The van der Waals surface area contributed by atoms with Gasteiger partial charge in [-0.1, -0.05) is 31.1 Å². The van der Waals surface area contributed by atoms with Crippen LogP contribution in [0.5, 0.6) is 0 Å². The average molecular weight is 311 g/mol. The Morgan fingerprint density at radius 1 is 1.17 bits per heavy atom. The number of fused-ring (bicyclic) bond motifs is 5. The van der Waals surface area contributed by atoms with Crippen LogP contribution in [0.25, 0.3) is 4.85 Å². The summed E-state index contributed by atoms with van der Waals surface area (Å²) in [6.07, 6.45) is 13.4. The van der Waals surface area contributed by atoms with Crippen LogP contribution in [0.1, 0.15) is 65.2 Å². The van der Waals surface area contributed by atoms with E-state index in [9.17, 15) is 5.11 Å². The molecule has 4 rings (SSSR count). The van der Waals surface area contributed by atoms with Gasteiger partial charge in [-0.15, -0.1) is 0 Å². The first-order chi connectivity index (χ1) is 11.0. The molecule has 0 spiro atoms. The maximum absolute atomic E-state index is 10.1. The highest BCUT2D eigenvalue weighted by Crippen LogP contribution is 2.66. The van der Waals surface area contributed by atoms with E-state index >= 15 is 0 Å². The van der Waals surface area contributed by atoms with Crippen LogP contribution in [-0.2, 0) is 0 Å². The molecule has 4 aliphatic carbocycles. The molecular weight excluding hydrogens is 282 g/mol. The van der Waals surface area contributed by atoms with E-state index in [4.69, 9.17) is 6.57 Å². The molecule has 1 N–H and O–H groups in total. The first-order valence-corrected chi connectivity index (χ1v) is 9.43. The molecule has 2 nitrogen and oxygen atoms in total. The smallest absolute Gasteiger partial charge is 0.154 e. The molecule has 124 valence electrons. The number of rotatable bonds is 0. The predicted octanol–water partition coefficient (Wildman–Crippen LogP) is 5.11. The fourth-order valence-corrected chi connectivity index (χ4v) is 6.78. The molecule has 6 atom stereocenters. The van der Waals surface area contributed by atoms with Gasteiger partial charge in [-0.05, 0) is 80.0 Å². The second-order valence-electron chi connectivity index (χ2n) is 8.93. The van der Waals surface area contributed by atoms with Crippen molar-refractivity contribution >= 4 is 0 Å². The standard InChI is InChI=1S/C21H29NO/c1-20-10-8-16(23)12-14(20)4-6-17-18-7-5-15(13-22-3)21(18,2)11-9-19(17)20/h4,13,16-19,23H,5-12H2,1-2H3/b15-13-/t16-,17-,18-,19-,20-,21+/m0/s1. The summed E-state index contributed by atoms with van der Waals surface area (Å²) in [6.45, 7) is 12.1. The number of aliphatic hydroxyl groups is 1. The SMILES string of the molecule is [C-]#[N+]/C=C1/CC[C@H]2[C@@H]3CC=C4C[C@@H](O)CC[C@]4(C)[C@H]3CC[C@]12C. The fourth-order valence-electron chi connectivity index (χ4n) is 6.78. The van der Waals surface area contributed by atoms with Gasteiger partial charge >= 0.3 is 0 Å². The van der Waals surface area contributed by atoms with Gasteiger partial charge in [-0.2, -0.15) is 0 Å². The van der Waals surface area contributed by atoms with Crippen molar-refractivity contribution in [2.45, 2.75) is 71.3 Å². The molecule has 0 saturated heterocycles. The summed E-state index contributed by atoms with van der Waals surface area (Å²) in [5.74, 6) is 2.34. The summed E-state index contributed by atoms with van der Waals surface area (Å²) in [5, 5.41) is 10.1. The van der Waals surface area contributed by atoms with Crippen LogP contribution in [0.3, 0.4) is 0 Å². The number of hydrogen-bond donors (Lipinski definition) is 1. The summed E-state index contributed by atoms with van der Waals surface area (Å²) in [6, 6.07) is 0. The van der Waals surface area contributed by atoms with Gasteiger partial charge in [0.05, 0.1) is 12.7 Å². The van der Waals surface area contributed by atoms with Gasteiger partial charge in [0.15, 0.2) is 6.20 Å². The van der Waals surface area contributed by atoms with E-state index in [0.717, 1.165) is 43.4 Å². The molecule has 23 heavy (non-hydrogen) atoms. The van der Waals surface area contributed by atoms with Crippen molar-refractivity contribution in [3.8, 4) is 0 Å². The average Bonchev–Trinajstić information content (AvgIpc) is 2.85. The highest BCUT2D eigenvalue weighted by Gasteiger charge is 2.56. The molecule has 0 bridgehead atoms. The van der Waals surface area contributed by atoms with Crippen molar-refractivity contribution in [2.75, 3.05) is 0 Å². The molecule has 0 amide bonds. The monoisotopic (exact) mass is 311 g/mol. The molecule has 2 heteroatoms. The van der Waals surface area contributed by atoms with Gasteiger partial charge < -0.3 is 5.11 Å². The van der Waals surface area contributed by atoms with Crippen molar-refractivity contribution in [1.29, 1.82) is 0 Å². The third-order valence-electron chi connectivity index (χ3n) is 8.15. The fraction of sp³-hybridized carbons (Fsp3) is 0.762. The quantitative estimate of drug-likeness (QED) is 0.488. The molecule has 3 saturated carbocycles. The summed E-state index contributed by atoms with van der Waals surface area (Å²) >= 11 is 0. The van der Waals surface area contributed by atoms with Crippen molar-refractivity contribution < 1.29 is 5.11 Å². The van der Waals surface area contributed by atoms with Gasteiger partial charge in [0, 0.05) is 0 Å². The number of hydrogen-bond acceptors (Lipinski definition) is 1. The molecule has 0 aromatic rings. The lowest BCUT2D eigenvalue weighted by molar-refractivity contribution is -0.0268. The molecule has 0 aliphatic heterocycles. The predicted molar refractivity (Wildman–Crippen MR) is 92.4 cm³/mol. The van der Waals surface area contributed by atoms with Gasteiger partial charge in [0.1, 0.15) is 0 Å². The van der Waals surface area contributed by atoms with Crippen LogP contribution in [-0.4, -0.2) is 11.2 Å². The van der Waals surface area contributed by atoms with Gasteiger partial charge in [0.25, 0.3) is 0 Å². The van der Waals surface area contributed by atoms with Crippen LogP contribution in [0.4, 0.5) is 0 Å².